The van der Waals surface area contributed by atoms with Crippen molar-refractivity contribution in [2.75, 3.05) is 20.2 Å². The highest BCUT2D eigenvalue weighted by Crippen LogP contribution is 2.29. The molecule has 0 saturated carbocycles. The zero-order valence-electron chi connectivity index (χ0n) is 14.1. The highest BCUT2D eigenvalue weighted by molar-refractivity contribution is 6.04. The van der Waals surface area contributed by atoms with Crippen LogP contribution in [0.15, 0.2) is 48.5 Å². The zero-order chi connectivity index (χ0) is 17.8. The number of hydrogen-bond acceptors (Lipinski definition) is 3. The molecule has 1 fully saturated rings. The molecule has 3 rings (SSSR count). The first-order valence-corrected chi connectivity index (χ1v) is 8.35. The Labute approximate surface area is 146 Å². The van der Waals surface area contributed by atoms with Gasteiger partial charge in [0.25, 0.3) is 5.91 Å². The van der Waals surface area contributed by atoms with Crippen molar-refractivity contribution in [3.63, 3.8) is 0 Å². The number of carbonyl (C=O) groups is 2. The van der Waals surface area contributed by atoms with Crippen LogP contribution in [0.25, 0.3) is 11.1 Å². The minimum Gasteiger partial charge on any atom is -0.478 e. The fourth-order valence-corrected chi connectivity index (χ4v) is 3.29. The number of benzene rings is 2. The van der Waals surface area contributed by atoms with E-state index in [1.807, 2.05) is 6.07 Å². The Hall–Kier alpha value is -2.66. The predicted molar refractivity (Wildman–Crippen MR) is 94.8 cm³/mol. The van der Waals surface area contributed by atoms with Crippen LogP contribution >= 0.6 is 0 Å². The van der Waals surface area contributed by atoms with Gasteiger partial charge in [0.1, 0.15) is 0 Å². The van der Waals surface area contributed by atoms with Crippen LogP contribution in [0.1, 0.15) is 33.6 Å². The lowest BCUT2D eigenvalue weighted by molar-refractivity contribution is 0.0269. The number of nitrogens with zero attached hydrogens (tertiary/aromatic N) is 1. The fraction of sp³-hybridized carbons (Fsp3) is 0.300. The lowest BCUT2D eigenvalue weighted by Gasteiger charge is -2.32. The van der Waals surface area contributed by atoms with Gasteiger partial charge in [0, 0.05) is 25.8 Å². The molecule has 2 aromatic rings. The van der Waals surface area contributed by atoms with Crippen molar-refractivity contribution >= 4 is 11.9 Å². The first kappa shape index (κ1) is 17.2. The molecule has 1 aliphatic heterocycles. The van der Waals surface area contributed by atoms with E-state index in [1.165, 1.54) is 0 Å². The van der Waals surface area contributed by atoms with E-state index in [4.69, 9.17) is 4.74 Å². The van der Waals surface area contributed by atoms with E-state index in [0.717, 1.165) is 12.8 Å². The molecule has 1 unspecified atom stereocenters. The Kier molecular flexibility index (Phi) is 5.14. The molecule has 130 valence electrons. The number of amides is 1. The maximum absolute atomic E-state index is 13.1. The van der Waals surface area contributed by atoms with Crippen LogP contribution in [-0.2, 0) is 4.74 Å². The molecule has 1 saturated heterocycles. The summed E-state index contributed by atoms with van der Waals surface area (Å²) in [6, 6.07) is 13.9. The average molecular weight is 339 g/mol. The van der Waals surface area contributed by atoms with Gasteiger partial charge in [0.05, 0.1) is 11.7 Å². The molecular formula is C20H21NO4. The van der Waals surface area contributed by atoms with E-state index in [1.54, 1.807) is 54.5 Å². The molecule has 1 N–H and O–H groups in total. The lowest BCUT2D eigenvalue weighted by Crippen LogP contribution is -2.43. The molecule has 1 atom stereocenters. The van der Waals surface area contributed by atoms with Gasteiger partial charge in [-0.2, -0.15) is 0 Å². The molecule has 0 spiro atoms. The third kappa shape index (κ3) is 3.56. The summed E-state index contributed by atoms with van der Waals surface area (Å²) in [7, 11) is 1.66. The normalized spacial score (nSPS) is 17.3. The summed E-state index contributed by atoms with van der Waals surface area (Å²) in [6.45, 7) is 1.25. The van der Waals surface area contributed by atoms with Crippen LogP contribution < -0.4 is 0 Å². The van der Waals surface area contributed by atoms with E-state index >= 15 is 0 Å². The van der Waals surface area contributed by atoms with Gasteiger partial charge in [-0.05, 0) is 36.1 Å². The third-order valence-electron chi connectivity index (χ3n) is 4.60. The maximum atomic E-state index is 13.1. The van der Waals surface area contributed by atoms with Crippen molar-refractivity contribution in [1.29, 1.82) is 0 Å². The Morgan fingerprint density at radius 3 is 2.28 bits per heavy atom. The van der Waals surface area contributed by atoms with Crippen LogP contribution in [-0.4, -0.2) is 48.2 Å². The molecule has 0 aliphatic carbocycles. The quantitative estimate of drug-likeness (QED) is 0.928. The third-order valence-corrected chi connectivity index (χ3v) is 4.60. The van der Waals surface area contributed by atoms with Gasteiger partial charge in [-0.25, -0.2) is 4.79 Å². The second kappa shape index (κ2) is 7.49. The number of carbonyl (C=O) groups excluding carboxylic acids is 1. The molecule has 0 bridgehead atoms. The van der Waals surface area contributed by atoms with Crippen LogP contribution in [0.2, 0.25) is 0 Å². The number of rotatable bonds is 4. The van der Waals surface area contributed by atoms with E-state index in [-0.39, 0.29) is 17.6 Å². The summed E-state index contributed by atoms with van der Waals surface area (Å²) in [5.41, 5.74) is 1.91. The molecular weight excluding hydrogens is 318 g/mol. The molecule has 0 aromatic heterocycles. The smallest absolute Gasteiger partial charge is 0.336 e. The average Bonchev–Trinajstić information content (AvgIpc) is 2.67. The second-order valence-corrected chi connectivity index (χ2v) is 6.15. The number of likely N-dealkylation sites (tertiary alicyclic amines) is 1. The minimum absolute atomic E-state index is 0.0520. The number of carboxylic acids is 1. The van der Waals surface area contributed by atoms with E-state index < -0.39 is 5.97 Å². The summed E-state index contributed by atoms with van der Waals surface area (Å²) in [4.78, 5) is 26.4. The Morgan fingerprint density at radius 1 is 1.04 bits per heavy atom. The number of ether oxygens (including phenoxy) is 1. The SMILES string of the molecule is COC1CCCN(C(=O)c2ccccc2-c2ccccc2C(=O)O)C1. The fourth-order valence-electron chi connectivity index (χ4n) is 3.29. The van der Waals surface area contributed by atoms with Crippen LogP contribution in [0.5, 0.6) is 0 Å². The van der Waals surface area contributed by atoms with Gasteiger partial charge in [0.15, 0.2) is 0 Å². The number of piperidine rings is 1. The lowest BCUT2D eigenvalue weighted by atomic mass is 9.94. The Bertz CT molecular complexity index is 787. The van der Waals surface area contributed by atoms with Gasteiger partial charge in [-0.15, -0.1) is 0 Å². The van der Waals surface area contributed by atoms with E-state index in [9.17, 15) is 14.7 Å². The number of aromatic carboxylic acids is 1. The summed E-state index contributed by atoms with van der Waals surface area (Å²) in [5.74, 6) is -1.09. The molecule has 25 heavy (non-hydrogen) atoms. The molecule has 1 amide bonds. The summed E-state index contributed by atoms with van der Waals surface area (Å²) >= 11 is 0. The standard InChI is InChI=1S/C20H21NO4/c1-25-14-7-6-12-21(13-14)19(22)17-10-4-2-8-15(17)16-9-3-5-11-18(16)20(23)24/h2-5,8-11,14H,6-7,12-13H2,1H3,(H,23,24). The second-order valence-electron chi connectivity index (χ2n) is 6.15. The largest absolute Gasteiger partial charge is 0.478 e. The molecule has 2 aromatic carbocycles. The zero-order valence-corrected chi connectivity index (χ0v) is 14.1. The molecule has 1 heterocycles. The van der Waals surface area contributed by atoms with Crippen LogP contribution in [0.3, 0.4) is 0 Å². The van der Waals surface area contributed by atoms with Crippen molar-refractivity contribution in [2.45, 2.75) is 18.9 Å². The van der Waals surface area contributed by atoms with Gasteiger partial charge >= 0.3 is 5.97 Å². The summed E-state index contributed by atoms with van der Waals surface area (Å²) < 4.78 is 5.40. The number of hydrogen-bond donors (Lipinski definition) is 1. The number of methoxy groups -OCH3 is 1. The molecule has 1 aliphatic rings. The topological polar surface area (TPSA) is 66.8 Å². The van der Waals surface area contributed by atoms with Crippen LogP contribution in [0, 0.1) is 0 Å². The van der Waals surface area contributed by atoms with Gasteiger partial charge in [-0.3, -0.25) is 4.79 Å². The van der Waals surface area contributed by atoms with Gasteiger partial charge < -0.3 is 14.7 Å². The Balaban J connectivity index is 2.00. The number of carboxylic acid groups (broad SMARTS) is 1. The van der Waals surface area contributed by atoms with Gasteiger partial charge in [0.2, 0.25) is 0 Å². The van der Waals surface area contributed by atoms with Crippen LogP contribution in [0.4, 0.5) is 0 Å². The van der Waals surface area contributed by atoms with Crippen molar-refractivity contribution < 1.29 is 19.4 Å². The predicted octanol–water partition coefficient (Wildman–Crippen LogP) is 3.30. The molecule has 5 heteroatoms. The van der Waals surface area contributed by atoms with Crippen molar-refractivity contribution in [2.24, 2.45) is 0 Å². The van der Waals surface area contributed by atoms with E-state index in [2.05, 4.69) is 0 Å². The summed E-state index contributed by atoms with van der Waals surface area (Å²) in [5, 5.41) is 9.46. The minimum atomic E-state index is -1.00. The van der Waals surface area contributed by atoms with Crippen molar-refractivity contribution in [3.05, 3.63) is 59.7 Å². The monoisotopic (exact) mass is 339 g/mol. The maximum Gasteiger partial charge on any atom is 0.336 e. The van der Waals surface area contributed by atoms with Crippen molar-refractivity contribution in [1.82, 2.24) is 4.90 Å². The Morgan fingerprint density at radius 2 is 1.64 bits per heavy atom. The summed E-state index contributed by atoms with van der Waals surface area (Å²) in [6.07, 6.45) is 1.90. The highest BCUT2D eigenvalue weighted by atomic mass is 16.5. The first-order valence-electron chi connectivity index (χ1n) is 8.35. The highest BCUT2D eigenvalue weighted by Gasteiger charge is 2.26. The molecule has 0 radical (unpaired) electrons. The first-order chi connectivity index (χ1) is 12.1. The van der Waals surface area contributed by atoms with Gasteiger partial charge in [-0.1, -0.05) is 36.4 Å². The molecule has 5 nitrogen and oxygen atoms in total. The van der Waals surface area contributed by atoms with E-state index in [0.29, 0.717) is 29.8 Å². The van der Waals surface area contributed by atoms with Crippen molar-refractivity contribution in [3.8, 4) is 11.1 Å².